The monoisotopic (exact) mass is 418 g/mol. The molecule has 0 N–H and O–H groups in total. The number of carbonyl (C=O) groups is 1. The van der Waals surface area contributed by atoms with Crippen molar-refractivity contribution < 1.29 is 4.79 Å². The minimum atomic E-state index is 0.136. The Labute approximate surface area is 182 Å². The van der Waals surface area contributed by atoms with E-state index in [-0.39, 0.29) is 17.4 Å². The highest BCUT2D eigenvalue weighted by Gasteiger charge is 2.36. The Balaban J connectivity index is 1.37. The van der Waals surface area contributed by atoms with Gasteiger partial charge in [-0.15, -0.1) is 0 Å². The number of aromatic nitrogens is 2. The molecule has 1 saturated heterocycles. The molecule has 1 amide bonds. The number of likely N-dealkylation sites (tertiary alicyclic amines) is 1. The third kappa shape index (κ3) is 3.59. The number of fused-ring (bicyclic) bond motifs is 5. The second-order valence-corrected chi connectivity index (χ2v) is 9.49. The van der Waals surface area contributed by atoms with Crippen LogP contribution in [0.5, 0.6) is 0 Å². The van der Waals surface area contributed by atoms with Gasteiger partial charge < -0.3 is 18.9 Å². The van der Waals surface area contributed by atoms with Gasteiger partial charge in [0.05, 0.1) is 6.42 Å². The van der Waals surface area contributed by atoms with Crippen molar-refractivity contribution >= 4 is 16.8 Å². The lowest BCUT2D eigenvalue weighted by Gasteiger charge is -2.43. The smallest absolute Gasteiger partial charge is 0.255 e. The second-order valence-electron chi connectivity index (χ2n) is 9.49. The van der Waals surface area contributed by atoms with Crippen LogP contribution in [0, 0.1) is 5.92 Å². The Hall–Kier alpha value is -2.86. The number of pyridine rings is 1. The van der Waals surface area contributed by atoms with Crippen LogP contribution in [0.4, 0.5) is 0 Å². The Morgan fingerprint density at radius 1 is 1.06 bits per heavy atom. The number of carbonyl (C=O) groups excluding carboxylic acids is 1. The van der Waals surface area contributed by atoms with Gasteiger partial charge in [-0.25, -0.2) is 0 Å². The first kappa shape index (κ1) is 20.1. The minimum absolute atomic E-state index is 0.136. The van der Waals surface area contributed by atoms with Gasteiger partial charge in [-0.1, -0.05) is 24.3 Å². The molecule has 6 heteroatoms. The predicted octanol–water partition coefficient (Wildman–Crippen LogP) is 2.59. The molecule has 4 heterocycles. The zero-order chi connectivity index (χ0) is 21.7. The van der Waals surface area contributed by atoms with E-state index in [0.717, 1.165) is 40.7 Å². The van der Waals surface area contributed by atoms with Gasteiger partial charge in [0.1, 0.15) is 0 Å². The van der Waals surface area contributed by atoms with E-state index in [9.17, 15) is 9.59 Å². The standard InChI is InChI=1S/C25H30N4O2/c1-26(2)14-18-8-9-22-20-10-17(13-29(22)25(18)31)12-28(16-20)24(30)11-19-15-27(3)23-7-5-4-6-21(19)23/h4-9,15,17,20H,10-14,16H2,1-3H3/t17-,20+/m0/s1. The molecule has 0 spiro atoms. The molecular formula is C25H30N4O2. The molecule has 1 aromatic carbocycles. The van der Waals surface area contributed by atoms with Crippen LogP contribution in [0.2, 0.25) is 0 Å². The van der Waals surface area contributed by atoms with E-state index in [2.05, 4.69) is 29.0 Å². The fourth-order valence-corrected chi connectivity index (χ4v) is 5.50. The maximum atomic E-state index is 13.2. The highest BCUT2D eigenvalue weighted by molar-refractivity contribution is 5.89. The number of nitrogens with zero attached hydrogens (tertiary/aromatic N) is 4. The third-order valence-electron chi connectivity index (χ3n) is 6.84. The first-order valence-electron chi connectivity index (χ1n) is 11.1. The van der Waals surface area contributed by atoms with Gasteiger partial charge >= 0.3 is 0 Å². The summed E-state index contributed by atoms with van der Waals surface area (Å²) >= 11 is 0. The van der Waals surface area contributed by atoms with E-state index >= 15 is 0 Å². The Morgan fingerprint density at radius 2 is 1.87 bits per heavy atom. The first-order chi connectivity index (χ1) is 14.9. The molecule has 2 atom stereocenters. The van der Waals surface area contributed by atoms with Crippen LogP contribution in [0.1, 0.15) is 29.2 Å². The number of hydrogen-bond donors (Lipinski definition) is 0. The first-order valence-corrected chi connectivity index (χ1v) is 11.1. The minimum Gasteiger partial charge on any atom is -0.350 e. The molecule has 162 valence electrons. The van der Waals surface area contributed by atoms with Gasteiger partial charge in [0.25, 0.3) is 5.56 Å². The van der Waals surface area contributed by atoms with Gasteiger partial charge in [-0.3, -0.25) is 9.59 Å². The number of rotatable bonds is 4. The van der Waals surface area contributed by atoms with Gasteiger partial charge in [0.2, 0.25) is 5.91 Å². The lowest BCUT2D eigenvalue weighted by atomic mass is 9.82. The van der Waals surface area contributed by atoms with Crippen LogP contribution in [-0.2, 0) is 31.4 Å². The number of benzene rings is 1. The zero-order valence-electron chi connectivity index (χ0n) is 18.5. The predicted molar refractivity (Wildman–Crippen MR) is 122 cm³/mol. The maximum absolute atomic E-state index is 13.2. The number of amides is 1. The van der Waals surface area contributed by atoms with E-state index in [1.54, 1.807) is 0 Å². The van der Waals surface area contributed by atoms with Gasteiger partial charge in [-0.05, 0) is 44.1 Å². The largest absolute Gasteiger partial charge is 0.350 e. The molecule has 1 fully saturated rings. The van der Waals surface area contributed by atoms with Crippen LogP contribution >= 0.6 is 0 Å². The number of piperidine rings is 1. The molecule has 0 saturated carbocycles. The van der Waals surface area contributed by atoms with Crippen molar-refractivity contribution in [3.05, 3.63) is 69.8 Å². The number of aryl methyl sites for hydroxylation is 1. The van der Waals surface area contributed by atoms with Crippen LogP contribution < -0.4 is 5.56 Å². The van der Waals surface area contributed by atoms with Crippen molar-refractivity contribution in [2.75, 3.05) is 27.2 Å². The van der Waals surface area contributed by atoms with Crippen LogP contribution in [-0.4, -0.2) is 52.0 Å². The SMILES string of the molecule is CN(C)Cc1ccc2n(c1=O)C[C@H]1C[C@@H]2CN(C(=O)Cc2cn(C)c3ccccc23)C1. The molecule has 2 aliphatic heterocycles. The summed E-state index contributed by atoms with van der Waals surface area (Å²) in [6, 6.07) is 12.3. The molecule has 0 aliphatic carbocycles. The van der Waals surface area contributed by atoms with E-state index < -0.39 is 0 Å². The highest BCUT2D eigenvalue weighted by atomic mass is 16.2. The average molecular weight is 419 g/mol. The molecule has 0 unspecified atom stereocenters. The molecule has 6 nitrogen and oxygen atoms in total. The summed E-state index contributed by atoms with van der Waals surface area (Å²) in [6.07, 6.45) is 3.56. The van der Waals surface area contributed by atoms with Gasteiger partial charge in [0.15, 0.2) is 0 Å². The lowest BCUT2D eigenvalue weighted by Crippen LogP contribution is -2.49. The summed E-state index contributed by atoms with van der Waals surface area (Å²) in [5.74, 6) is 0.770. The van der Waals surface area contributed by atoms with Crippen molar-refractivity contribution in [3.8, 4) is 0 Å². The van der Waals surface area contributed by atoms with E-state index in [1.165, 1.54) is 0 Å². The van der Waals surface area contributed by atoms with Crippen molar-refractivity contribution in [1.29, 1.82) is 0 Å². The Morgan fingerprint density at radius 3 is 2.68 bits per heavy atom. The Kier molecular flexibility index (Phi) is 4.97. The Bertz CT molecular complexity index is 1210. The lowest BCUT2D eigenvalue weighted by molar-refractivity contribution is -0.133. The highest BCUT2D eigenvalue weighted by Crippen LogP contribution is 2.35. The van der Waals surface area contributed by atoms with Crippen molar-refractivity contribution in [1.82, 2.24) is 18.9 Å². The summed E-state index contributed by atoms with van der Waals surface area (Å²) < 4.78 is 4.07. The average Bonchev–Trinajstić information content (AvgIpc) is 3.05. The van der Waals surface area contributed by atoms with E-state index in [4.69, 9.17) is 0 Å². The van der Waals surface area contributed by atoms with E-state index in [0.29, 0.717) is 32.0 Å². The fourth-order valence-electron chi connectivity index (χ4n) is 5.50. The number of para-hydroxylation sites is 1. The van der Waals surface area contributed by atoms with Gasteiger partial charge in [0, 0.05) is 67.5 Å². The topological polar surface area (TPSA) is 50.5 Å². The second kappa shape index (κ2) is 7.68. The summed E-state index contributed by atoms with van der Waals surface area (Å²) in [5.41, 5.74) is 4.31. The molecule has 0 radical (unpaired) electrons. The molecule has 2 aromatic heterocycles. The van der Waals surface area contributed by atoms with Crippen molar-refractivity contribution in [2.24, 2.45) is 13.0 Å². The quantitative estimate of drug-likeness (QED) is 0.654. The summed E-state index contributed by atoms with van der Waals surface area (Å²) in [4.78, 5) is 30.3. The van der Waals surface area contributed by atoms with Crippen molar-refractivity contribution in [2.45, 2.75) is 31.8 Å². The third-order valence-corrected chi connectivity index (χ3v) is 6.84. The molecule has 2 aliphatic rings. The molecule has 5 rings (SSSR count). The van der Waals surface area contributed by atoms with Crippen LogP contribution in [0.3, 0.4) is 0 Å². The maximum Gasteiger partial charge on any atom is 0.255 e. The zero-order valence-corrected chi connectivity index (χ0v) is 18.5. The van der Waals surface area contributed by atoms with Gasteiger partial charge in [-0.2, -0.15) is 0 Å². The van der Waals surface area contributed by atoms with Crippen LogP contribution in [0.15, 0.2) is 47.4 Å². The summed E-state index contributed by atoms with van der Waals surface area (Å²) in [7, 11) is 6.00. The molecule has 3 aromatic rings. The normalized spacial score (nSPS) is 20.3. The van der Waals surface area contributed by atoms with Crippen molar-refractivity contribution in [3.63, 3.8) is 0 Å². The summed E-state index contributed by atoms with van der Waals surface area (Å²) in [6.45, 7) is 2.81. The summed E-state index contributed by atoms with van der Waals surface area (Å²) in [5, 5.41) is 1.15. The number of hydrogen-bond acceptors (Lipinski definition) is 3. The molecule has 2 bridgehead atoms. The molecule has 31 heavy (non-hydrogen) atoms. The fraction of sp³-hybridized carbons (Fsp3) is 0.440. The van der Waals surface area contributed by atoms with Crippen LogP contribution in [0.25, 0.3) is 10.9 Å². The molecular weight excluding hydrogens is 388 g/mol. The van der Waals surface area contributed by atoms with E-state index in [1.807, 2.05) is 53.7 Å².